The molecule has 0 atom stereocenters. The number of nitrogens with zero attached hydrogens (tertiary/aromatic N) is 1. The third-order valence-electron chi connectivity index (χ3n) is 0.721. The maximum Gasteiger partial charge on any atom is 0.312 e. The number of hydrazine groups is 2. The van der Waals surface area contributed by atoms with E-state index in [1.165, 1.54) is 12.4 Å². The molecule has 52 valence electrons. The Kier molecular flexibility index (Phi) is 1.31. The quantitative estimate of drug-likeness (QED) is 0.403. The van der Waals surface area contributed by atoms with Crippen LogP contribution in [0.4, 0.5) is 0 Å². The molecule has 4 N–H and O–H groups in total. The van der Waals surface area contributed by atoms with Gasteiger partial charge in [0, 0.05) is 12.4 Å². The van der Waals surface area contributed by atoms with Crippen LogP contribution in [-0.2, 0) is 10.2 Å². The van der Waals surface area contributed by atoms with E-state index < -0.39 is 10.2 Å². The van der Waals surface area contributed by atoms with Gasteiger partial charge < -0.3 is 0 Å². The van der Waals surface area contributed by atoms with E-state index in [-0.39, 0.29) is 0 Å². The van der Waals surface area contributed by atoms with Gasteiger partial charge >= 0.3 is 10.2 Å². The zero-order valence-corrected chi connectivity index (χ0v) is 5.22. The lowest BCUT2D eigenvalue weighted by atomic mass is 11.0. The van der Waals surface area contributed by atoms with E-state index in [0.29, 0.717) is 4.52 Å². The Hall–Kier alpha value is -0.790. The van der Waals surface area contributed by atoms with Crippen LogP contribution in [-0.4, -0.2) is 12.9 Å². The third-order valence-corrected chi connectivity index (χ3v) is 1.44. The maximum atomic E-state index is 10.4. The molecule has 0 aromatic heterocycles. The molecule has 1 aliphatic heterocycles. The molecule has 7 heteroatoms. The molecule has 0 amide bonds. The molecule has 0 aromatic rings. The van der Waals surface area contributed by atoms with Crippen molar-refractivity contribution in [2.45, 2.75) is 0 Å². The lowest BCUT2D eigenvalue weighted by Gasteiger charge is -2.11. The van der Waals surface area contributed by atoms with Crippen LogP contribution in [0.1, 0.15) is 0 Å². The first-order valence-electron chi connectivity index (χ1n) is 2.11. The summed E-state index contributed by atoms with van der Waals surface area (Å²) in [6, 6.07) is 0. The predicted molar refractivity (Wildman–Crippen MR) is 30.4 cm³/mol. The molecule has 1 aliphatic rings. The summed E-state index contributed by atoms with van der Waals surface area (Å²) in [6.07, 6.45) is 2.81. The predicted octanol–water partition coefficient (Wildman–Crippen LogP) is -2.01. The van der Waals surface area contributed by atoms with E-state index in [0.717, 1.165) is 0 Å². The lowest BCUT2D eigenvalue weighted by molar-refractivity contribution is 0.337. The van der Waals surface area contributed by atoms with E-state index in [1.807, 2.05) is 0 Å². The monoisotopic (exact) mass is 150 g/mol. The van der Waals surface area contributed by atoms with Crippen LogP contribution in [0.3, 0.4) is 0 Å². The molecule has 0 aromatic carbocycles. The summed E-state index contributed by atoms with van der Waals surface area (Å²) in [5.41, 5.74) is 4.65. The van der Waals surface area contributed by atoms with E-state index in [4.69, 9.17) is 0 Å². The summed E-state index contributed by atoms with van der Waals surface area (Å²) < 4.78 is 21.4. The molecule has 6 nitrogen and oxygen atoms in total. The maximum absolute atomic E-state index is 10.4. The molecule has 0 bridgehead atoms. The van der Waals surface area contributed by atoms with Crippen LogP contribution in [0, 0.1) is 0 Å². The van der Waals surface area contributed by atoms with E-state index in [2.05, 4.69) is 16.0 Å². The normalized spacial score (nSPS) is 19.2. The van der Waals surface area contributed by atoms with Crippen molar-refractivity contribution in [1.29, 1.82) is 0 Å². The zero-order valence-electron chi connectivity index (χ0n) is 4.40. The first-order chi connectivity index (χ1) is 4.11. The fourth-order valence-electron chi connectivity index (χ4n) is 0.394. The van der Waals surface area contributed by atoms with Gasteiger partial charge in [0.05, 0.1) is 0 Å². The Bertz CT molecular complexity index is 211. The molecule has 0 unspecified atom stereocenters. The minimum atomic E-state index is -3.65. The van der Waals surface area contributed by atoms with Crippen LogP contribution in [0.5, 0.6) is 0 Å². The second-order valence-corrected chi connectivity index (χ2v) is 2.80. The van der Waals surface area contributed by atoms with E-state index >= 15 is 0 Å². The van der Waals surface area contributed by atoms with Gasteiger partial charge in [-0.25, -0.2) is 5.14 Å². The van der Waals surface area contributed by atoms with Gasteiger partial charge in [0.1, 0.15) is 0 Å². The minimum absolute atomic E-state index is 0.688. The Morgan fingerprint density at radius 3 is 2.00 bits per heavy atom. The second kappa shape index (κ2) is 1.87. The molecule has 1 heterocycles. The molecule has 0 spiro atoms. The lowest BCUT2D eigenvalue weighted by Crippen LogP contribution is -2.46. The van der Waals surface area contributed by atoms with Crippen molar-refractivity contribution >= 4 is 10.2 Å². The number of hydrogen-bond acceptors (Lipinski definition) is 4. The van der Waals surface area contributed by atoms with Crippen molar-refractivity contribution in [1.82, 2.24) is 15.4 Å². The molecular weight excluding hydrogens is 144 g/mol. The summed E-state index contributed by atoms with van der Waals surface area (Å²) in [5, 5.41) is 4.67. The Balaban J connectivity index is 2.68. The van der Waals surface area contributed by atoms with Crippen molar-refractivity contribution in [2.24, 2.45) is 5.14 Å². The molecule has 9 heavy (non-hydrogen) atoms. The van der Waals surface area contributed by atoms with E-state index in [1.54, 1.807) is 0 Å². The fraction of sp³-hybridized carbons (Fsp3) is 0. The molecule has 0 aliphatic carbocycles. The van der Waals surface area contributed by atoms with Gasteiger partial charge in [0.25, 0.3) is 0 Å². The molecule has 0 fully saturated rings. The number of hydrogen-bond donors (Lipinski definition) is 3. The number of nitrogens with two attached hydrogens (primary N) is 1. The fourth-order valence-corrected chi connectivity index (χ4v) is 0.810. The third kappa shape index (κ3) is 1.31. The molecule has 0 radical (unpaired) electrons. The zero-order chi connectivity index (χ0) is 6.91. The van der Waals surface area contributed by atoms with Gasteiger partial charge in [-0.05, 0) is 4.52 Å². The molecule has 0 saturated carbocycles. The van der Waals surface area contributed by atoms with Crippen molar-refractivity contribution < 1.29 is 8.42 Å². The number of rotatable bonds is 1. The second-order valence-electron chi connectivity index (χ2n) is 1.40. The topological polar surface area (TPSA) is 87.5 Å². The molecule has 1 rings (SSSR count). The standard InChI is InChI=1S/C2H6N4O2S/c3-9(7,8)6-4-1-2-5-6/h1-2,4-5H,(H2,3,7,8). The molecular formula is C2H6N4O2S. The highest BCUT2D eigenvalue weighted by Crippen LogP contribution is 1.88. The highest BCUT2D eigenvalue weighted by Gasteiger charge is 2.16. The highest BCUT2D eigenvalue weighted by molar-refractivity contribution is 7.86. The van der Waals surface area contributed by atoms with Gasteiger partial charge in [-0.1, -0.05) is 0 Å². The van der Waals surface area contributed by atoms with Crippen molar-refractivity contribution in [2.75, 3.05) is 0 Å². The van der Waals surface area contributed by atoms with Crippen LogP contribution >= 0.6 is 0 Å². The number of nitrogens with one attached hydrogen (secondary N) is 2. The summed E-state index contributed by atoms with van der Waals surface area (Å²) in [7, 11) is -3.65. The smallest absolute Gasteiger partial charge is 0.292 e. The average Bonchev–Trinajstić information content (AvgIpc) is 2.08. The SMILES string of the molecule is NS(=O)(=O)N1NC=CN1. The van der Waals surface area contributed by atoms with Crippen LogP contribution in [0.15, 0.2) is 12.4 Å². The first-order valence-corrected chi connectivity index (χ1v) is 3.61. The average molecular weight is 150 g/mol. The van der Waals surface area contributed by atoms with Gasteiger partial charge in [0.15, 0.2) is 0 Å². The van der Waals surface area contributed by atoms with Gasteiger partial charge in [0.2, 0.25) is 0 Å². The van der Waals surface area contributed by atoms with Gasteiger partial charge in [-0.2, -0.15) is 8.42 Å². The van der Waals surface area contributed by atoms with E-state index in [9.17, 15) is 8.42 Å². The minimum Gasteiger partial charge on any atom is -0.292 e. The summed E-state index contributed by atoms with van der Waals surface area (Å²) in [6.45, 7) is 0. The van der Waals surface area contributed by atoms with Crippen LogP contribution < -0.4 is 16.0 Å². The summed E-state index contributed by atoms with van der Waals surface area (Å²) in [4.78, 5) is 0. The van der Waals surface area contributed by atoms with Crippen LogP contribution in [0.25, 0.3) is 0 Å². The highest BCUT2D eigenvalue weighted by atomic mass is 32.2. The van der Waals surface area contributed by atoms with Crippen molar-refractivity contribution in [3.05, 3.63) is 12.4 Å². The molecule has 0 saturated heterocycles. The van der Waals surface area contributed by atoms with Gasteiger partial charge in [-0.3, -0.25) is 10.9 Å². The summed E-state index contributed by atoms with van der Waals surface area (Å²) >= 11 is 0. The Morgan fingerprint density at radius 1 is 1.33 bits per heavy atom. The Labute approximate surface area is 52.4 Å². The first kappa shape index (κ1) is 6.33. The van der Waals surface area contributed by atoms with Crippen LogP contribution in [0.2, 0.25) is 0 Å². The summed E-state index contributed by atoms with van der Waals surface area (Å²) in [5.74, 6) is 0. The van der Waals surface area contributed by atoms with Crippen molar-refractivity contribution in [3.63, 3.8) is 0 Å². The largest absolute Gasteiger partial charge is 0.312 e. The van der Waals surface area contributed by atoms with Crippen molar-refractivity contribution in [3.8, 4) is 0 Å². The Morgan fingerprint density at radius 2 is 1.78 bits per heavy atom. The van der Waals surface area contributed by atoms with Gasteiger partial charge in [-0.15, -0.1) is 0 Å².